The van der Waals surface area contributed by atoms with Crippen molar-refractivity contribution in [3.05, 3.63) is 70.3 Å². The number of nitrogens with one attached hydrogen (secondary N) is 1. The lowest BCUT2D eigenvalue weighted by Gasteiger charge is -2.35. The molecule has 1 aliphatic heterocycles. The minimum atomic E-state index is -0.130. The van der Waals surface area contributed by atoms with Crippen LogP contribution in [0.1, 0.15) is 25.1 Å². The molecular formula is C24H29N5O2. The second-order valence-corrected chi connectivity index (χ2v) is 7.68. The van der Waals surface area contributed by atoms with Gasteiger partial charge < -0.3 is 14.6 Å². The maximum absolute atomic E-state index is 11.8. The summed E-state index contributed by atoms with van der Waals surface area (Å²) >= 11 is 0. The zero-order chi connectivity index (χ0) is 21.6. The molecule has 0 aliphatic carbocycles. The van der Waals surface area contributed by atoms with E-state index in [9.17, 15) is 4.79 Å². The maximum atomic E-state index is 11.8. The molecule has 4 rings (SSSR count). The Bertz CT molecular complexity index is 1040. The van der Waals surface area contributed by atoms with Gasteiger partial charge in [-0.3, -0.25) is 9.69 Å². The normalized spacial score (nSPS) is 14.6. The Labute approximate surface area is 182 Å². The number of nitrogens with zero attached hydrogens (tertiary/aromatic N) is 4. The topological polar surface area (TPSA) is 74.3 Å². The molecular weight excluding hydrogens is 390 g/mol. The molecule has 0 amide bonds. The van der Waals surface area contributed by atoms with E-state index in [1.54, 1.807) is 6.20 Å². The van der Waals surface area contributed by atoms with Crippen molar-refractivity contribution in [1.29, 1.82) is 0 Å². The van der Waals surface area contributed by atoms with Crippen LogP contribution in [0.2, 0.25) is 0 Å². The average Bonchev–Trinajstić information content (AvgIpc) is 2.81. The Morgan fingerprint density at radius 1 is 1.03 bits per heavy atom. The Hall–Kier alpha value is -3.19. The number of rotatable bonds is 7. The Balaban J connectivity index is 1.34. The highest BCUT2D eigenvalue weighted by molar-refractivity contribution is 5.56. The molecule has 1 saturated heterocycles. The zero-order valence-electron chi connectivity index (χ0n) is 18.2. The Morgan fingerprint density at radius 2 is 1.81 bits per heavy atom. The van der Waals surface area contributed by atoms with Crippen LogP contribution in [0.25, 0.3) is 11.4 Å². The largest absolute Gasteiger partial charge is 0.494 e. The third-order valence-electron chi connectivity index (χ3n) is 5.52. The van der Waals surface area contributed by atoms with Crippen molar-refractivity contribution in [3.63, 3.8) is 0 Å². The molecule has 0 atom stereocenters. The minimum absolute atomic E-state index is 0.130. The van der Waals surface area contributed by atoms with E-state index >= 15 is 0 Å². The first-order chi connectivity index (χ1) is 15.1. The van der Waals surface area contributed by atoms with E-state index in [1.807, 2.05) is 38.1 Å². The molecule has 3 heterocycles. The molecule has 0 radical (unpaired) electrons. The fourth-order valence-electron chi connectivity index (χ4n) is 3.79. The molecule has 1 aromatic carbocycles. The monoisotopic (exact) mass is 419 g/mol. The smallest absolute Gasteiger partial charge is 0.251 e. The highest BCUT2D eigenvalue weighted by Crippen LogP contribution is 2.20. The van der Waals surface area contributed by atoms with E-state index < -0.39 is 0 Å². The number of ether oxygens (including phenoxy) is 1. The minimum Gasteiger partial charge on any atom is -0.494 e. The van der Waals surface area contributed by atoms with Gasteiger partial charge in [-0.25, -0.2) is 9.97 Å². The second-order valence-electron chi connectivity index (χ2n) is 7.68. The van der Waals surface area contributed by atoms with Gasteiger partial charge in [-0.15, -0.1) is 0 Å². The number of hydrogen-bond acceptors (Lipinski definition) is 6. The number of pyridine rings is 1. The van der Waals surface area contributed by atoms with E-state index in [0.717, 1.165) is 62.0 Å². The van der Waals surface area contributed by atoms with Crippen LogP contribution in [-0.4, -0.2) is 52.6 Å². The number of benzene rings is 1. The van der Waals surface area contributed by atoms with Gasteiger partial charge in [0, 0.05) is 56.2 Å². The molecule has 7 heteroatoms. The number of aryl methyl sites for hydroxylation is 1. The molecule has 1 fully saturated rings. The van der Waals surface area contributed by atoms with Crippen LogP contribution >= 0.6 is 0 Å². The van der Waals surface area contributed by atoms with E-state index in [1.165, 1.54) is 11.6 Å². The summed E-state index contributed by atoms with van der Waals surface area (Å²) in [4.78, 5) is 28.5. The predicted molar refractivity (Wildman–Crippen MR) is 123 cm³/mol. The molecule has 1 aliphatic rings. The molecule has 3 aromatic rings. The lowest BCUT2D eigenvalue weighted by atomic mass is 10.2. The van der Waals surface area contributed by atoms with Gasteiger partial charge in [-0.2, -0.15) is 0 Å². The van der Waals surface area contributed by atoms with E-state index in [2.05, 4.69) is 36.9 Å². The number of anilines is 1. The molecule has 7 nitrogen and oxygen atoms in total. The van der Waals surface area contributed by atoms with Gasteiger partial charge in [0.1, 0.15) is 17.4 Å². The quantitative estimate of drug-likeness (QED) is 0.634. The molecule has 162 valence electrons. The number of H-pyrrole nitrogens is 1. The summed E-state index contributed by atoms with van der Waals surface area (Å²) in [6, 6.07) is 13.9. The van der Waals surface area contributed by atoms with Gasteiger partial charge in [-0.05, 0) is 43.2 Å². The summed E-state index contributed by atoms with van der Waals surface area (Å²) in [6.07, 6.45) is 2.52. The van der Waals surface area contributed by atoms with Gasteiger partial charge in [-0.1, -0.05) is 19.1 Å². The average molecular weight is 420 g/mol. The van der Waals surface area contributed by atoms with Crippen molar-refractivity contribution in [2.45, 2.75) is 26.8 Å². The maximum Gasteiger partial charge on any atom is 0.251 e. The van der Waals surface area contributed by atoms with Gasteiger partial charge >= 0.3 is 0 Å². The van der Waals surface area contributed by atoms with E-state index in [0.29, 0.717) is 12.4 Å². The van der Waals surface area contributed by atoms with Crippen molar-refractivity contribution in [3.8, 4) is 17.1 Å². The number of piperazine rings is 1. The summed E-state index contributed by atoms with van der Waals surface area (Å²) in [5, 5.41) is 0. The third kappa shape index (κ3) is 5.30. The van der Waals surface area contributed by atoms with Gasteiger partial charge in [0.15, 0.2) is 0 Å². The van der Waals surface area contributed by atoms with Crippen LogP contribution < -0.4 is 15.2 Å². The first-order valence-electron chi connectivity index (χ1n) is 10.9. The van der Waals surface area contributed by atoms with Crippen LogP contribution in [-0.2, 0) is 13.0 Å². The number of aromatic amines is 1. The summed E-state index contributed by atoms with van der Waals surface area (Å²) < 4.78 is 5.52. The lowest BCUT2D eigenvalue weighted by Crippen LogP contribution is -2.46. The molecule has 31 heavy (non-hydrogen) atoms. The zero-order valence-corrected chi connectivity index (χ0v) is 18.2. The van der Waals surface area contributed by atoms with Crippen molar-refractivity contribution in [2.24, 2.45) is 0 Å². The van der Waals surface area contributed by atoms with Crippen molar-refractivity contribution >= 4 is 5.82 Å². The summed E-state index contributed by atoms with van der Waals surface area (Å²) in [5.41, 5.74) is 2.78. The molecule has 2 aromatic heterocycles. The van der Waals surface area contributed by atoms with Crippen molar-refractivity contribution in [2.75, 3.05) is 37.7 Å². The number of hydrogen-bond donors (Lipinski definition) is 1. The summed E-state index contributed by atoms with van der Waals surface area (Å²) in [6.45, 7) is 9.47. The number of aromatic nitrogens is 3. The van der Waals surface area contributed by atoms with Crippen molar-refractivity contribution in [1.82, 2.24) is 19.9 Å². The Kier molecular flexibility index (Phi) is 6.62. The highest BCUT2D eigenvalue weighted by atomic mass is 16.5. The molecule has 0 unspecified atom stereocenters. The Morgan fingerprint density at radius 3 is 2.45 bits per heavy atom. The fourth-order valence-corrected chi connectivity index (χ4v) is 3.79. The lowest BCUT2D eigenvalue weighted by molar-refractivity contribution is 0.249. The highest BCUT2D eigenvalue weighted by Gasteiger charge is 2.18. The third-order valence-corrected chi connectivity index (χ3v) is 5.52. The molecule has 0 spiro atoms. The fraction of sp³-hybridized carbons (Fsp3) is 0.375. The van der Waals surface area contributed by atoms with Gasteiger partial charge in [0.25, 0.3) is 5.56 Å². The van der Waals surface area contributed by atoms with Crippen molar-refractivity contribution < 1.29 is 4.74 Å². The second kappa shape index (κ2) is 9.75. The molecule has 0 bridgehead atoms. The predicted octanol–water partition coefficient (Wildman–Crippen LogP) is 3.12. The van der Waals surface area contributed by atoms with Crippen LogP contribution in [0.15, 0.2) is 53.5 Å². The standard InChI is InChI=1S/C24H29N5O2/c1-3-20-15-23(30)27-24(26-20)19-7-10-22(25-16-19)29-13-11-28(12-14-29)17-18-5-8-21(9-6-18)31-4-2/h5-10,15-16H,3-4,11-14,17H2,1-2H3,(H,26,27,30). The SMILES string of the molecule is CCOc1ccc(CN2CCN(c3ccc(-c4nc(CC)cc(=O)[nH]4)cn3)CC2)cc1. The van der Waals surface area contributed by atoms with Gasteiger partial charge in [0.05, 0.1) is 6.61 Å². The van der Waals surface area contributed by atoms with Crippen LogP contribution in [0.4, 0.5) is 5.82 Å². The van der Waals surface area contributed by atoms with E-state index in [4.69, 9.17) is 4.74 Å². The van der Waals surface area contributed by atoms with Crippen LogP contribution in [0.3, 0.4) is 0 Å². The summed E-state index contributed by atoms with van der Waals surface area (Å²) in [7, 11) is 0. The van der Waals surface area contributed by atoms with E-state index in [-0.39, 0.29) is 5.56 Å². The first-order valence-corrected chi connectivity index (χ1v) is 10.9. The van der Waals surface area contributed by atoms with Gasteiger partial charge in [0.2, 0.25) is 0 Å². The van der Waals surface area contributed by atoms with Crippen LogP contribution in [0.5, 0.6) is 5.75 Å². The summed E-state index contributed by atoms with van der Waals surface area (Å²) in [5.74, 6) is 2.45. The van der Waals surface area contributed by atoms with Crippen LogP contribution in [0, 0.1) is 0 Å². The molecule has 0 saturated carbocycles. The molecule has 1 N–H and O–H groups in total. The first kappa shape index (κ1) is 21.1.